The highest BCUT2D eigenvalue weighted by Crippen LogP contribution is 2.15. The molecule has 1 amide bonds. The normalized spacial score (nSPS) is 10.8. The van der Waals surface area contributed by atoms with Crippen LogP contribution in [0.1, 0.15) is 32.7 Å². The topological polar surface area (TPSA) is 55.6 Å². The highest BCUT2D eigenvalue weighted by Gasteiger charge is 2.07. The van der Waals surface area contributed by atoms with Gasteiger partial charge in [0.2, 0.25) is 0 Å². The molecule has 5 nitrogen and oxygen atoms in total. The van der Waals surface area contributed by atoms with Crippen LogP contribution >= 0.6 is 0 Å². The van der Waals surface area contributed by atoms with E-state index in [1.165, 1.54) is 11.1 Å². The van der Waals surface area contributed by atoms with Crippen LogP contribution in [0.5, 0.6) is 5.75 Å². The first-order chi connectivity index (χ1) is 14.1. The van der Waals surface area contributed by atoms with E-state index in [4.69, 9.17) is 4.74 Å². The quantitative estimate of drug-likeness (QED) is 0.533. The van der Waals surface area contributed by atoms with E-state index in [0.29, 0.717) is 24.5 Å². The number of hydrogen-bond donors (Lipinski definition) is 1. The predicted octanol–water partition coefficient (Wildman–Crippen LogP) is 4.46. The Morgan fingerprint density at radius 2 is 1.66 bits per heavy atom. The van der Waals surface area contributed by atoms with Crippen LogP contribution in [-0.2, 0) is 13.2 Å². The molecule has 4 aromatic rings. The van der Waals surface area contributed by atoms with Gasteiger partial charge in [-0.2, -0.15) is 0 Å². The first kappa shape index (κ1) is 18.7. The summed E-state index contributed by atoms with van der Waals surface area (Å²) in [4.78, 5) is 16.9. The third-order valence-corrected chi connectivity index (χ3v) is 4.73. The maximum absolute atomic E-state index is 12.3. The number of carbonyl (C=O) groups is 1. The SMILES string of the molecule is Cc1ccc(CNC(=O)c2ccc(OCc3cn4cc(C)ccc4n3)cc2)cc1. The molecule has 0 aliphatic heterocycles. The van der Waals surface area contributed by atoms with Crippen molar-refractivity contribution >= 4 is 11.6 Å². The van der Waals surface area contributed by atoms with Crippen molar-refractivity contribution in [1.82, 2.24) is 14.7 Å². The molecule has 1 N–H and O–H groups in total. The van der Waals surface area contributed by atoms with Crippen molar-refractivity contribution < 1.29 is 9.53 Å². The van der Waals surface area contributed by atoms with Crippen molar-refractivity contribution in [1.29, 1.82) is 0 Å². The third-order valence-electron chi connectivity index (χ3n) is 4.73. The van der Waals surface area contributed by atoms with Gasteiger partial charge >= 0.3 is 0 Å². The number of imidazole rings is 1. The zero-order valence-corrected chi connectivity index (χ0v) is 16.6. The van der Waals surface area contributed by atoms with Crippen LogP contribution in [0.2, 0.25) is 0 Å². The molecule has 5 heteroatoms. The van der Waals surface area contributed by atoms with Crippen LogP contribution in [0.4, 0.5) is 0 Å². The summed E-state index contributed by atoms with van der Waals surface area (Å²) >= 11 is 0. The minimum atomic E-state index is -0.104. The van der Waals surface area contributed by atoms with Crippen LogP contribution in [0.15, 0.2) is 73.1 Å². The van der Waals surface area contributed by atoms with Crippen LogP contribution in [0.3, 0.4) is 0 Å². The number of benzene rings is 2. The smallest absolute Gasteiger partial charge is 0.251 e. The van der Waals surface area contributed by atoms with Gasteiger partial charge in [0.25, 0.3) is 5.91 Å². The molecular formula is C24H23N3O2. The van der Waals surface area contributed by atoms with E-state index in [1.807, 2.05) is 67.0 Å². The monoisotopic (exact) mass is 385 g/mol. The molecule has 0 saturated heterocycles. The molecule has 146 valence electrons. The lowest BCUT2D eigenvalue weighted by atomic mass is 10.1. The van der Waals surface area contributed by atoms with E-state index < -0.39 is 0 Å². The molecule has 4 rings (SSSR count). The highest BCUT2D eigenvalue weighted by molar-refractivity contribution is 5.94. The van der Waals surface area contributed by atoms with Gasteiger partial charge in [0, 0.05) is 24.5 Å². The van der Waals surface area contributed by atoms with Crippen molar-refractivity contribution in [3.8, 4) is 5.75 Å². The van der Waals surface area contributed by atoms with Crippen molar-refractivity contribution in [2.75, 3.05) is 0 Å². The second-order valence-electron chi connectivity index (χ2n) is 7.19. The number of hydrogen-bond acceptors (Lipinski definition) is 3. The molecule has 0 radical (unpaired) electrons. The molecule has 0 aliphatic carbocycles. The summed E-state index contributed by atoms with van der Waals surface area (Å²) in [5.41, 5.74) is 5.82. The van der Waals surface area contributed by atoms with Gasteiger partial charge in [-0.1, -0.05) is 35.9 Å². The number of amides is 1. The first-order valence-corrected chi connectivity index (χ1v) is 9.58. The maximum Gasteiger partial charge on any atom is 0.251 e. The highest BCUT2D eigenvalue weighted by atomic mass is 16.5. The van der Waals surface area contributed by atoms with Gasteiger partial charge in [0.05, 0.1) is 5.69 Å². The Labute approximate surface area is 170 Å². The summed E-state index contributed by atoms with van der Waals surface area (Å²) in [6.45, 7) is 4.97. The van der Waals surface area contributed by atoms with Gasteiger partial charge in [-0.15, -0.1) is 0 Å². The number of rotatable bonds is 6. The van der Waals surface area contributed by atoms with E-state index in [0.717, 1.165) is 16.9 Å². The summed E-state index contributed by atoms with van der Waals surface area (Å²) in [5, 5.41) is 2.94. The number of nitrogens with zero attached hydrogens (tertiary/aromatic N) is 2. The van der Waals surface area contributed by atoms with E-state index in [-0.39, 0.29) is 5.91 Å². The molecule has 29 heavy (non-hydrogen) atoms. The number of fused-ring (bicyclic) bond motifs is 1. The van der Waals surface area contributed by atoms with Gasteiger partial charge in [0.15, 0.2) is 0 Å². The first-order valence-electron chi connectivity index (χ1n) is 9.58. The van der Waals surface area contributed by atoms with E-state index in [9.17, 15) is 4.79 Å². The fraction of sp³-hybridized carbons (Fsp3) is 0.167. The molecule has 0 bridgehead atoms. The molecule has 0 spiro atoms. The number of aromatic nitrogens is 2. The predicted molar refractivity (Wildman–Crippen MR) is 113 cm³/mol. The lowest BCUT2D eigenvalue weighted by Gasteiger charge is -2.08. The molecule has 2 aromatic heterocycles. The fourth-order valence-electron chi connectivity index (χ4n) is 3.08. The van der Waals surface area contributed by atoms with Crippen LogP contribution in [0, 0.1) is 13.8 Å². The van der Waals surface area contributed by atoms with Crippen LogP contribution in [0.25, 0.3) is 5.65 Å². The van der Waals surface area contributed by atoms with Gasteiger partial charge in [-0.05, 0) is 55.3 Å². The van der Waals surface area contributed by atoms with Gasteiger partial charge in [0.1, 0.15) is 18.0 Å². The second kappa shape index (κ2) is 8.19. The van der Waals surface area contributed by atoms with Gasteiger partial charge in [-0.3, -0.25) is 4.79 Å². The lowest BCUT2D eigenvalue weighted by molar-refractivity contribution is 0.0951. The van der Waals surface area contributed by atoms with E-state index in [1.54, 1.807) is 24.3 Å². The number of ether oxygens (including phenoxy) is 1. The summed E-state index contributed by atoms with van der Waals surface area (Å²) in [6.07, 6.45) is 4.01. The van der Waals surface area contributed by atoms with Crippen LogP contribution < -0.4 is 10.1 Å². The molecule has 0 saturated carbocycles. The minimum Gasteiger partial charge on any atom is -0.487 e. The zero-order chi connectivity index (χ0) is 20.2. The number of nitrogens with one attached hydrogen (secondary N) is 1. The average Bonchev–Trinajstić information content (AvgIpc) is 3.14. The summed E-state index contributed by atoms with van der Waals surface area (Å²) in [7, 11) is 0. The van der Waals surface area contributed by atoms with Crippen LogP contribution in [-0.4, -0.2) is 15.3 Å². The average molecular weight is 385 g/mol. The van der Waals surface area contributed by atoms with Crippen molar-refractivity contribution in [2.45, 2.75) is 27.0 Å². The van der Waals surface area contributed by atoms with Gasteiger partial charge in [-0.25, -0.2) is 4.98 Å². The second-order valence-corrected chi connectivity index (χ2v) is 7.19. The van der Waals surface area contributed by atoms with E-state index >= 15 is 0 Å². The standard InChI is InChI=1S/C24H23N3O2/c1-17-3-6-19(7-4-17)13-25-24(28)20-8-10-22(11-9-20)29-16-21-15-27-14-18(2)5-12-23(27)26-21/h3-12,14-15H,13,16H2,1-2H3,(H,25,28). The summed E-state index contributed by atoms with van der Waals surface area (Å²) in [5.74, 6) is 0.598. The number of aryl methyl sites for hydroxylation is 2. The fourth-order valence-corrected chi connectivity index (χ4v) is 3.08. The molecule has 0 fully saturated rings. The molecule has 0 aliphatic rings. The Morgan fingerprint density at radius 1 is 0.931 bits per heavy atom. The Bertz CT molecular complexity index is 1130. The Morgan fingerprint density at radius 3 is 2.41 bits per heavy atom. The lowest BCUT2D eigenvalue weighted by Crippen LogP contribution is -2.22. The molecule has 2 aromatic carbocycles. The molecule has 2 heterocycles. The summed E-state index contributed by atoms with van der Waals surface area (Å²) < 4.78 is 7.82. The van der Waals surface area contributed by atoms with E-state index in [2.05, 4.69) is 10.3 Å². The maximum atomic E-state index is 12.3. The van der Waals surface area contributed by atoms with Crippen molar-refractivity contribution in [3.63, 3.8) is 0 Å². The Kier molecular flexibility index (Phi) is 5.29. The van der Waals surface area contributed by atoms with Crippen molar-refractivity contribution in [2.24, 2.45) is 0 Å². The minimum absolute atomic E-state index is 0.104. The Balaban J connectivity index is 1.33. The molecule has 0 atom stereocenters. The third kappa shape index (κ3) is 4.63. The Hall–Kier alpha value is -3.60. The largest absolute Gasteiger partial charge is 0.487 e. The summed E-state index contributed by atoms with van der Waals surface area (Å²) in [6, 6.07) is 19.3. The molecule has 0 unspecified atom stereocenters. The number of pyridine rings is 1. The molecular weight excluding hydrogens is 362 g/mol. The zero-order valence-electron chi connectivity index (χ0n) is 16.6. The number of carbonyl (C=O) groups excluding carboxylic acids is 1. The van der Waals surface area contributed by atoms with Gasteiger partial charge < -0.3 is 14.5 Å². The van der Waals surface area contributed by atoms with Crippen molar-refractivity contribution in [3.05, 3.63) is 101 Å².